The Morgan fingerprint density at radius 2 is 2.21 bits per heavy atom. The van der Waals surface area contributed by atoms with Crippen molar-refractivity contribution in [1.82, 2.24) is 10.2 Å². The average Bonchev–Trinajstić information content (AvgIpc) is 3.15. The van der Waals surface area contributed by atoms with Crippen LogP contribution in [0.25, 0.3) is 0 Å². The molecule has 4 nitrogen and oxygen atoms in total. The number of hydrogen-bond donors (Lipinski definition) is 1. The molecule has 19 heavy (non-hydrogen) atoms. The molecule has 1 atom stereocenters. The molecule has 1 N–H and O–H groups in total. The van der Waals surface area contributed by atoms with E-state index in [1.54, 1.807) is 11.3 Å². The standard InChI is InChI=1S/C14H18N2O2S/c1-9-5-7-19-11(9)8-16-6-4-12(17)15-13(14(16)18)10-2-3-10/h5,7,10,13H,2-4,6,8H2,1H3,(H,15,17). The number of carbonyl (C=O) groups is 2. The molecular formula is C14H18N2O2S. The largest absolute Gasteiger partial charge is 0.344 e. The van der Waals surface area contributed by atoms with E-state index in [1.807, 2.05) is 4.90 Å². The van der Waals surface area contributed by atoms with Crippen LogP contribution in [0.2, 0.25) is 0 Å². The summed E-state index contributed by atoms with van der Waals surface area (Å²) in [6.07, 6.45) is 2.53. The van der Waals surface area contributed by atoms with Gasteiger partial charge in [-0.05, 0) is 42.7 Å². The van der Waals surface area contributed by atoms with Crippen molar-refractivity contribution in [1.29, 1.82) is 0 Å². The molecule has 1 unspecified atom stereocenters. The summed E-state index contributed by atoms with van der Waals surface area (Å²) in [7, 11) is 0. The third kappa shape index (κ3) is 2.66. The molecule has 3 rings (SSSR count). The summed E-state index contributed by atoms with van der Waals surface area (Å²) >= 11 is 1.68. The Balaban J connectivity index is 1.77. The molecule has 5 heteroatoms. The molecule has 102 valence electrons. The van der Waals surface area contributed by atoms with Crippen LogP contribution in [0.1, 0.15) is 29.7 Å². The van der Waals surface area contributed by atoms with Gasteiger partial charge in [-0.3, -0.25) is 9.59 Å². The summed E-state index contributed by atoms with van der Waals surface area (Å²) in [4.78, 5) is 27.3. The van der Waals surface area contributed by atoms with Gasteiger partial charge in [0.25, 0.3) is 0 Å². The zero-order valence-electron chi connectivity index (χ0n) is 11.0. The molecule has 2 aliphatic rings. The van der Waals surface area contributed by atoms with Crippen molar-refractivity contribution in [3.63, 3.8) is 0 Å². The van der Waals surface area contributed by atoms with Gasteiger partial charge in [0.1, 0.15) is 6.04 Å². The lowest BCUT2D eigenvalue weighted by atomic mass is 10.1. The highest BCUT2D eigenvalue weighted by atomic mass is 32.1. The highest BCUT2D eigenvalue weighted by Crippen LogP contribution is 2.34. The molecule has 2 amide bonds. The van der Waals surface area contributed by atoms with Gasteiger partial charge in [0.15, 0.2) is 0 Å². The first kappa shape index (κ1) is 12.7. The lowest BCUT2D eigenvalue weighted by Gasteiger charge is -2.23. The van der Waals surface area contributed by atoms with Crippen molar-refractivity contribution < 1.29 is 9.59 Å². The van der Waals surface area contributed by atoms with Crippen LogP contribution < -0.4 is 5.32 Å². The second-order valence-electron chi connectivity index (χ2n) is 5.42. The van der Waals surface area contributed by atoms with Gasteiger partial charge in [-0.25, -0.2) is 0 Å². The van der Waals surface area contributed by atoms with Gasteiger partial charge >= 0.3 is 0 Å². The predicted molar refractivity (Wildman–Crippen MR) is 73.7 cm³/mol. The van der Waals surface area contributed by atoms with Crippen molar-refractivity contribution in [3.05, 3.63) is 21.9 Å². The highest BCUT2D eigenvalue weighted by Gasteiger charge is 2.40. The van der Waals surface area contributed by atoms with Crippen LogP contribution in [0.15, 0.2) is 11.4 Å². The van der Waals surface area contributed by atoms with E-state index in [0.29, 0.717) is 25.4 Å². The quantitative estimate of drug-likeness (QED) is 0.914. The molecule has 1 saturated heterocycles. The summed E-state index contributed by atoms with van der Waals surface area (Å²) in [5.74, 6) is 0.471. The second kappa shape index (κ2) is 4.96. The van der Waals surface area contributed by atoms with E-state index in [1.165, 1.54) is 10.4 Å². The zero-order valence-corrected chi connectivity index (χ0v) is 11.8. The van der Waals surface area contributed by atoms with Crippen molar-refractivity contribution in [2.24, 2.45) is 5.92 Å². The first-order chi connectivity index (χ1) is 9.15. The van der Waals surface area contributed by atoms with E-state index in [9.17, 15) is 9.59 Å². The summed E-state index contributed by atoms with van der Waals surface area (Å²) in [5.41, 5.74) is 1.23. The maximum Gasteiger partial charge on any atom is 0.245 e. The number of nitrogens with zero attached hydrogens (tertiary/aromatic N) is 1. The minimum atomic E-state index is -0.282. The molecule has 1 aromatic heterocycles. The zero-order chi connectivity index (χ0) is 13.4. The lowest BCUT2D eigenvalue weighted by molar-refractivity contribution is -0.134. The summed E-state index contributed by atoms with van der Waals surface area (Å²) in [6.45, 7) is 3.24. The Hall–Kier alpha value is -1.36. The second-order valence-corrected chi connectivity index (χ2v) is 6.42. The van der Waals surface area contributed by atoms with Crippen LogP contribution in [-0.4, -0.2) is 29.3 Å². The van der Waals surface area contributed by atoms with E-state index in [0.717, 1.165) is 12.8 Å². The molecule has 2 fully saturated rings. The summed E-state index contributed by atoms with van der Waals surface area (Å²) in [5, 5.41) is 4.94. The molecule has 1 aliphatic carbocycles. The van der Waals surface area contributed by atoms with Crippen LogP contribution in [-0.2, 0) is 16.1 Å². The molecule has 0 spiro atoms. The monoisotopic (exact) mass is 278 g/mol. The average molecular weight is 278 g/mol. The van der Waals surface area contributed by atoms with Crippen molar-refractivity contribution in [2.45, 2.75) is 38.8 Å². The third-order valence-corrected chi connectivity index (χ3v) is 4.91. The number of nitrogens with one attached hydrogen (secondary N) is 1. The maximum atomic E-state index is 12.5. The van der Waals surface area contributed by atoms with Crippen LogP contribution >= 0.6 is 11.3 Å². The molecule has 1 aromatic rings. The third-order valence-electron chi connectivity index (χ3n) is 3.90. The van der Waals surface area contributed by atoms with E-state index < -0.39 is 0 Å². The van der Waals surface area contributed by atoms with Crippen LogP contribution in [0, 0.1) is 12.8 Å². The van der Waals surface area contributed by atoms with Gasteiger partial charge in [-0.15, -0.1) is 11.3 Å². The smallest absolute Gasteiger partial charge is 0.245 e. The van der Waals surface area contributed by atoms with Crippen LogP contribution in [0.5, 0.6) is 0 Å². The number of carbonyl (C=O) groups excluding carboxylic acids is 2. The number of rotatable bonds is 3. The molecule has 2 heterocycles. The Labute approximate surface area is 116 Å². The van der Waals surface area contributed by atoms with Gasteiger partial charge in [0.05, 0.1) is 6.54 Å². The van der Waals surface area contributed by atoms with Gasteiger partial charge < -0.3 is 10.2 Å². The normalized spacial score (nSPS) is 24.3. The molecular weight excluding hydrogens is 260 g/mol. The van der Waals surface area contributed by atoms with E-state index in [2.05, 4.69) is 23.7 Å². The Morgan fingerprint density at radius 3 is 2.84 bits per heavy atom. The van der Waals surface area contributed by atoms with E-state index in [-0.39, 0.29) is 17.9 Å². The van der Waals surface area contributed by atoms with Gasteiger partial charge in [0, 0.05) is 17.8 Å². The predicted octanol–water partition coefficient (Wildman–Crippen LogP) is 1.68. The van der Waals surface area contributed by atoms with Gasteiger partial charge in [-0.1, -0.05) is 0 Å². The van der Waals surface area contributed by atoms with Crippen molar-refractivity contribution in [3.8, 4) is 0 Å². The Morgan fingerprint density at radius 1 is 1.42 bits per heavy atom. The number of amides is 2. The van der Waals surface area contributed by atoms with E-state index in [4.69, 9.17) is 0 Å². The highest BCUT2D eigenvalue weighted by molar-refractivity contribution is 7.10. The van der Waals surface area contributed by atoms with Gasteiger partial charge in [0.2, 0.25) is 11.8 Å². The molecule has 1 saturated carbocycles. The Bertz CT molecular complexity index is 507. The maximum absolute atomic E-state index is 12.5. The molecule has 0 bridgehead atoms. The SMILES string of the molecule is Cc1ccsc1CN1CCC(=O)NC(C2CC2)C1=O. The number of hydrogen-bond acceptors (Lipinski definition) is 3. The Kier molecular flexibility index (Phi) is 3.31. The summed E-state index contributed by atoms with van der Waals surface area (Å²) < 4.78 is 0. The van der Waals surface area contributed by atoms with Crippen LogP contribution in [0.4, 0.5) is 0 Å². The van der Waals surface area contributed by atoms with Crippen molar-refractivity contribution in [2.75, 3.05) is 6.54 Å². The lowest BCUT2D eigenvalue weighted by Crippen LogP contribution is -2.45. The molecule has 1 aliphatic heterocycles. The molecule has 0 radical (unpaired) electrons. The minimum Gasteiger partial charge on any atom is -0.344 e. The summed E-state index contributed by atoms with van der Waals surface area (Å²) in [6, 6.07) is 1.79. The minimum absolute atomic E-state index is 0.00986. The fraction of sp³-hybridized carbons (Fsp3) is 0.571. The number of thiophene rings is 1. The van der Waals surface area contributed by atoms with Crippen molar-refractivity contribution >= 4 is 23.2 Å². The number of aryl methyl sites for hydroxylation is 1. The first-order valence-corrected chi connectivity index (χ1v) is 7.64. The fourth-order valence-corrected chi connectivity index (χ4v) is 3.42. The van der Waals surface area contributed by atoms with E-state index >= 15 is 0 Å². The first-order valence-electron chi connectivity index (χ1n) is 6.76. The fourth-order valence-electron chi connectivity index (χ4n) is 2.50. The van der Waals surface area contributed by atoms with Gasteiger partial charge in [-0.2, -0.15) is 0 Å². The van der Waals surface area contributed by atoms with Crippen LogP contribution in [0.3, 0.4) is 0 Å². The topological polar surface area (TPSA) is 49.4 Å². The molecule has 0 aromatic carbocycles.